The van der Waals surface area contributed by atoms with Crippen LogP contribution in [0.4, 0.5) is 10.6 Å². The van der Waals surface area contributed by atoms with Crippen molar-refractivity contribution >= 4 is 11.8 Å². The molecular formula is C5H8N4O2. The maximum absolute atomic E-state index is 10.5. The number of hydrogen-bond donors (Lipinski definition) is 3. The lowest BCUT2D eigenvalue weighted by atomic mass is 10.6. The highest BCUT2D eigenvalue weighted by molar-refractivity contribution is 5.87. The average Bonchev–Trinajstić information content (AvgIpc) is 2.35. The summed E-state index contributed by atoms with van der Waals surface area (Å²) >= 11 is 0. The van der Waals surface area contributed by atoms with Gasteiger partial charge in [-0.15, -0.1) is 0 Å². The summed E-state index contributed by atoms with van der Waals surface area (Å²) in [5.74, 6) is 0.388. The van der Waals surface area contributed by atoms with Crippen LogP contribution in [-0.2, 0) is 7.05 Å². The maximum atomic E-state index is 10.5. The minimum Gasteiger partial charge on any atom is -0.289 e. The van der Waals surface area contributed by atoms with E-state index in [2.05, 4.69) is 10.4 Å². The van der Waals surface area contributed by atoms with Crippen molar-refractivity contribution in [1.82, 2.24) is 15.3 Å². The summed E-state index contributed by atoms with van der Waals surface area (Å²) in [5, 5.41) is 14.2. The minimum absolute atomic E-state index is 0.388. The second-order valence-corrected chi connectivity index (χ2v) is 1.94. The van der Waals surface area contributed by atoms with E-state index in [-0.39, 0.29) is 0 Å². The summed E-state index contributed by atoms with van der Waals surface area (Å²) in [6.07, 6.45) is 1.67. The van der Waals surface area contributed by atoms with Gasteiger partial charge in [0.15, 0.2) is 5.82 Å². The second-order valence-electron chi connectivity index (χ2n) is 1.94. The number of carbonyl (C=O) groups excluding carboxylic acids is 1. The molecule has 0 aliphatic heterocycles. The zero-order chi connectivity index (χ0) is 8.27. The van der Waals surface area contributed by atoms with Gasteiger partial charge < -0.3 is 0 Å². The van der Waals surface area contributed by atoms with Gasteiger partial charge in [0.05, 0.1) is 0 Å². The molecule has 1 heterocycles. The number of hydrogen-bond acceptors (Lipinski definition) is 3. The standard InChI is InChI=1S/C5H8N4O2/c1-9-3-2-4(7-9)6-5(10)8-11/h2-3,11H,1H3,(H2,6,7,8,10). The lowest BCUT2D eigenvalue weighted by molar-refractivity contribution is 0.172. The Morgan fingerprint density at radius 2 is 2.55 bits per heavy atom. The molecule has 0 fully saturated rings. The number of aromatic nitrogens is 2. The number of anilines is 1. The van der Waals surface area contributed by atoms with Crippen LogP contribution in [0.2, 0.25) is 0 Å². The van der Waals surface area contributed by atoms with Crippen molar-refractivity contribution in [3.05, 3.63) is 12.3 Å². The van der Waals surface area contributed by atoms with E-state index < -0.39 is 6.03 Å². The Bertz CT molecular complexity index is 257. The van der Waals surface area contributed by atoms with Gasteiger partial charge in [-0.1, -0.05) is 0 Å². The maximum Gasteiger partial charge on any atom is 0.344 e. The number of carbonyl (C=O) groups is 1. The minimum atomic E-state index is -0.705. The van der Waals surface area contributed by atoms with E-state index in [1.54, 1.807) is 19.3 Å². The molecular weight excluding hydrogens is 148 g/mol. The van der Waals surface area contributed by atoms with Crippen LogP contribution in [-0.4, -0.2) is 21.0 Å². The first-order chi connectivity index (χ1) is 5.22. The number of rotatable bonds is 1. The predicted octanol–water partition coefficient (Wildman–Crippen LogP) is -0.0692. The van der Waals surface area contributed by atoms with Gasteiger partial charge in [-0.25, -0.2) is 10.3 Å². The van der Waals surface area contributed by atoms with Gasteiger partial charge in [-0.05, 0) is 0 Å². The molecule has 2 amide bonds. The lowest BCUT2D eigenvalue weighted by Crippen LogP contribution is -2.25. The molecule has 60 valence electrons. The van der Waals surface area contributed by atoms with Crippen LogP contribution >= 0.6 is 0 Å². The molecule has 0 aliphatic rings. The number of nitrogens with one attached hydrogen (secondary N) is 2. The first-order valence-corrected chi connectivity index (χ1v) is 2.93. The van der Waals surface area contributed by atoms with Crippen molar-refractivity contribution in [1.29, 1.82) is 0 Å². The van der Waals surface area contributed by atoms with Crippen molar-refractivity contribution < 1.29 is 10.0 Å². The Kier molecular flexibility index (Phi) is 2.07. The smallest absolute Gasteiger partial charge is 0.289 e. The lowest BCUT2D eigenvalue weighted by Gasteiger charge is -1.96. The van der Waals surface area contributed by atoms with Gasteiger partial charge in [-0.3, -0.25) is 15.2 Å². The SMILES string of the molecule is Cn1ccc(NC(=O)NO)n1. The molecule has 1 aromatic rings. The summed E-state index contributed by atoms with van der Waals surface area (Å²) in [6, 6.07) is 0.901. The third-order valence-electron chi connectivity index (χ3n) is 1.06. The average molecular weight is 156 g/mol. The molecule has 0 saturated heterocycles. The zero-order valence-electron chi connectivity index (χ0n) is 5.90. The molecule has 11 heavy (non-hydrogen) atoms. The van der Waals surface area contributed by atoms with E-state index in [0.29, 0.717) is 5.82 Å². The van der Waals surface area contributed by atoms with Gasteiger partial charge in [0, 0.05) is 19.3 Å². The number of aryl methyl sites for hydroxylation is 1. The van der Waals surface area contributed by atoms with Crippen LogP contribution in [0.3, 0.4) is 0 Å². The summed E-state index contributed by atoms with van der Waals surface area (Å²) in [4.78, 5) is 10.5. The molecule has 6 heteroatoms. The van der Waals surface area contributed by atoms with Crippen molar-refractivity contribution in [2.45, 2.75) is 0 Å². The highest BCUT2D eigenvalue weighted by Crippen LogP contribution is 1.99. The molecule has 0 saturated carbocycles. The molecule has 1 rings (SSSR count). The van der Waals surface area contributed by atoms with E-state index in [1.165, 1.54) is 10.2 Å². The van der Waals surface area contributed by atoms with Gasteiger partial charge in [0.2, 0.25) is 0 Å². The summed E-state index contributed by atoms with van der Waals surface area (Å²) < 4.78 is 1.53. The van der Waals surface area contributed by atoms with Crippen molar-refractivity contribution in [3.63, 3.8) is 0 Å². The van der Waals surface area contributed by atoms with E-state index in [4.69, 9.17) is 5.21 Å². The molecule has 0 aliphatic carbocycles. The van der Waals surface area contributed by atoms with Crippen molar-refractivity contribution in [2.75, 3.05) is 5.32 Å². The molecule has 0 unspecified atom stereocenters. The monoisotopic (exact) mass is 156 g/mol. The molecule has 0 bridgehead atoms. The van der Waals surface area contributed by atoms with E-state index in [0.717, 1.165) is 0 Å². The number of urea groups is 1. The fourth-order valence-corrected chi connectivity index (χ4v) is 0.626. The van der Waals surface area contributed by atoms with Crippen LogP contribution in [0.15, 0.2) is 12.3 Å². The third kappa shape index (κ3) is 1.94. The summed E-state index contributed by atoms with van der Waals surface area (Å²) in [6.45, 7) is 0. The van der Waals surface area contributed by atoms with E-state index in [1.807, 2.05) is 0 Å². The summed E-state index contributed by atoms with van der Waals surface area (Å²) in [5.41, 5.74) is 1.42. The molecule has 6 nitrogen and oxygen atoms in total. The van der Waals surface area contributed by atoms with Gasteiger partial charge in [-0.2, -0.15) is 5.10 Å². The zero-order valence-corrected chi connectivity index (χ0v) is 5.90. The molecule has 1 aromatic heterocycles. The van der Waals surface area contributed by atoms with Crippen molar-refractivity contribution in [2.24, 2.45) is 7.05 Å². The van der Waals surface area contributed by atoms with Crippen LogP contribution in [0.5, 0.6) is 0 Å². The number of amides is 2. The van der Waals surface area contributed by atoms with Crippen LogP contribution in [0.1, 0.15) is 0 Å². The van der Waals surface area contributed by atoms with E-state index >= 15 is 0 Å². The van der Waals surface area contributed by atoms with Crippen LogP contribution in [0, 0.1) is 0 Å². The molecule has 3 N–H and O–H groups in total. The molecule has 0 radical (unpaired) electrons. The third-order valence-corrected chi connectivity index (χ3v) is 1.06. The number of hydroxylamine groups is 1. The summed E-state index contributed by atoms with van der Waals surface area (Å²) in [7, 11) is 1.72. The molecule has 0 atom stereocenters. The molecule has 0 aromatic carbocycles. The first kappa shape index (κ1) is 7.55. The normalized spacial score (nSPS) is 9.27. The first-order valence-electron chi connectivity index (χ1n) is 2.93. The second kappa shape index (κ2) is 3.02. The fourth-order valence-electron chi connectivity index (χ4n) is 0.626. The topological polar surface area (TPSA) is 79.2 Å². The molecule has 0 spiro atoms. The Labute approximate surface area is 62.8 Å². The van der Waals surface area contributed by atoms with Gasteiger partial charge >= 0.3 is 6.03 Å². The van der Waals surface area contributed by atoms with Crippen LogP contribution in [0.25, 0.3) is 0 Å². The largest absolute Gasteiger partial charge is 0.344 e. The van der Waals surface area contributed by atoms with E-state index in [9.17, 15) is 4.79 Å². The fraction of sp³-hybridized carbons (Fsp3) is 0.200. The predicted molar refractivity (Wildman–Crippen MR) is 37.1 cm³/mol. The highest BCUT2D eigenvalue weighted by Gasteiger charge is 2.00. The van der Waals surface area contributed by atoms with Crippen molar-refractivity contribution in [3.8, 4) is 0 Å². The highest BCUT2D eigenvalue weighted by atomic mass is 16.5. The Balaban J connectivity index is 2.57. The quantitative estimate of drug-likeness (QED) is 0.393. The van der Waals surface area contributed by atoms with Gasteiger partial charge in [0.1, 0.15) is 0 Å². The van der Waals surface area contributed by atoms with Crippen LogP contribution < -0.4 is 10.8 Å². The number of nitrogens with zero attached hydrogens (tertiary/aromatic N) is 2. The Morgan fingerprint density at radius 3 is 3.00 bits per heavy atom. The van der Waals surface area contributed by atoms with Gasteiger partial charge in [0.25, 0.3) is 0 Å². The Hall–Kier alpha value is -1.56. The Morgan fingerprint density at radius 1 is 1.82 bits per heavy atom.